The minimum Gasteiger partial charge on any atom is -0.633 e. The Hall–Kier alpha value is -0.120. The Balaban J connectivity index is 4.06. The molecule has 1 saturated heterocycles. The number of nitrogens with one attached hydrogen (secondary N) is 2. The van der Waals surface area contributed by atoms with E-state index in [1.54, 1.807) is 0 Å². The van der Waals surface area contributed by atoms with Gasteiger partial charge in [0.25, 0.3) is 0 Å². The van der Waals surface area contributed by atoms with Crippen molar-refractivity contribution in [2.75, 3.05) is 0 Å². The topological polar surface area (TPSA) is 39.5 Å². The van der Waals surface area contributed by atoms with Crippen LogP contribution in [0.1, 0.15) is 54.8 Å². The van der Waals surface area contributed by atoms with Crippen LogP contribution in [0.25, 0.3) is 0 Å². The molecule has 0 aromatic carbocycles. The van der Waals surface area contributed by atoms with Gasteiger partial charge in [0, 0.05) is 34.3 Å². The lowest BCUT2D eigenvalue weighted by Crippen LogP contribution is -3.17. The maximum absolute atomic E-state index is 12.8. The fourth-order valence-corrected chi connectivity index (χ4v) is 0.843. The summed E-state index contributed by atoms with van der Waals surface area (Å²) in [5.74, 6) is 0. The molecule has 3 heteroatoms. The predicted molar refractivity (Wildman–Crippen MR) is 45.1 cm³/mol. The van der Waals surface area contributed by atoms with E-state index < -0.39 is 56.6 Å². The van der Waals surface area contributed by atoms with Crippen LogP contribution in [0.3, 0.4) is 0 Å². The van der Waals surface area contributed by atoms with Gasteiger partial charge in [-0.15, -0.1) is 0 Å². The van der Waals surface area contributed by atoms with Crippen LogP contribution < -0.4 is 10.4 Å². The van der Waals surface area contributed by atoms with Crippen LogP contribution in [0.4, 0.5) is 0 Å². The number of quaternary nitrogens is 1. The van der Waals surface area contributed by atoms with Crippen molar-refractivity contribution < 1.29 is 25.6 Å². The van der Waals surface area contributed by atoms with Gasteiger partial charge < -0.3 is 10.3 Å². The normalized spacial score (nSPS) is 66.8. The van der Waals surface area contributed by atoms with Crippen molar-refractivity contribution >= 4 is 0 Å². The van der Waals surface area contributed by atoms with Crippen molar-refractivity contribution in [1.82, 2.24) is 5.32 Å². The molecule has 0 amide bonds. The Morgan fingerprint density at radius 2 is 2.18 bits per heavy atom. The van der Waals surface area contributed by atoms with Crippen LogP contribution in [-0.4, -0.2) is 17.2 Å². The van der Waals surface area contributed by atoms with Gasteiger partial charge in [0.1, 0.15) is 11.7 Å². The zero-order valence-electron chi connectivity index (χ0n) is 20.5. The molecule has 11 heavy (non-hydrogen) atoms. The Bertz CT molecular complexity index is 508. The van der Waals surface area contributed by atoms with Crippen LogP contribution in [0.15, 0.2) is 0 Å². The quantitative estimate of drug-likeness (QED) is 0.501. The van der Waals surface area contributed by atoms with E-state index in [9.17, 15) is 5.21 Å². The average molecular weight is 173 g/mol. The molecule has 0 aromatic rings. The molecule has 0 aromatic heterocycles. The van der Waals surface area contributed by atoms with E-state index in [0.29, 0.717) is 0 Å². The van der Waals surface area contributed by atoms with Crippen molar-refractivity contribution in [2.45, 2.75) is 51.5 Å². The third kappa shape index (κ3) is 1.28. The minimum atomic E-state index is -3.75. The second-order valence-corrected chi connectivity index (χ2v) is 2.48. The van der Waals surface area contributed by atoms with Crippen LogP contribution in [0.2, 0.25) is 0 Å². The number of hydrogen-bond acceptors (Lipinski definition) is 2. The zero-order chi connectivity index (χ0) is 21.4. The molecule has 1 aliphatic rings. The lowest BCUT2D eigenvalue weighted by atomic mass is 9.99. The molecule has 0 radical (unpaired) electrons. The third-order valence-corrected chi connectivity index (χ3v) is 1.45. The fraction of sp³-hybridized carbons (Fsp3) is 1.00. The van der Waals surface area contributed by atoms with Gasteiger partial charge >= 0.3 is 0 Å². The molecule has 1 rings (SSSR count). The summed E-state index contributed by atoms with van der Waals surface area (Å²) in [5.41, 5.74) is -7.26. The number of hydrogen-bond donors (Lipinski definition) is 2. The van der Waals surface area contributed by atoms with Crippen molar-refractivity contribution in [3.63, 3.8) is 0 Å². The van der Waals surface area contributed by atoms with Gasteiger partial charge in [-0.2, -0.15) is 0 Å². The van der Waals surface area contributed by atoms with E-state index in [0.717, 1.165) is 0 Å². The minimum absolute atomic E-state index is 1.52. The first-order valence-electron chi connectivity index (χ1n) is 10.3. The van der Waals surface area contributed by atoms with E-state index in [1.807, 2.05) is 0 Å². The van der Waals surface area contributed by atoms with Gasteiger partial charge in [-0.1, -0.05) is 0 Å². The molecule has 1 aliphatic heterocycles. The van der Waals surface area contributed by atoms with Crippen LogP contribution in [-0.2, 0) is 0 Å². The summed E-state index contributed by atoms with van der Waals surface area (Å²) in [5, 5.41) is 12.3. The molecule has 3 nitrogen and oxygen atoms in total. The van der Waals surface area contributed by atoms with Crippen molar-refractivity contribution in [3.05, 3.63) is 5.21 Å². The fourth-order valence-electron chi connectivity index (χ4n) is 0.843. The smallest absolute Gasteiger partial charge is 0.146 e. The molecule has 0 saturated carbocycles. The third-order valence-electron chi connectivity index (χ3n) is 1.45. The Labute approximate surface area is 89.4 Å². The van der Waals surface area contributed by atoms with E-state index >= 15 is 0 Å². The second-order valence-electron chi connectivity index (χ2n) is 2.48. The summed E-state index contributed by atoms with van der Waals surface area (Å²) < 4.78 is 113. The van der Waals surface area contributed by atoms with Crippen LogP contribution in [0.5, 0.6) is 0 Å². The lowest BCUT2D eigenvalue weighted by molar-refractivity contribution is -0.911. The molecule has 0 spiro atoms. The van der Waals surface area contributed by atoms with Gasteiger partial charge in [-0.05, 0) is 20.6 Å². The summed E-state index contributed by atoms with van der Waals surface area (Å²) in [7, 11) is 0. The Morgan fingerprint density at radius 1 is 1.45 bits per heavy atom. The van der Waals surface area contributed by atoms with E-state index in [4.69, 9.17) is 20.6 Å². The highest BCUT2D eigenvalue weighted by molar-refractivity contribution is 4.93. The first-order valence-corrected chi connectivity index (χ1v) is 2.82. The molecule has 66 valence electrons. The van der Waals surface area contributed by atoms with E-state index in [-0.39, 0.29) is 0 Å². The molecule has 2 unspecified atom stereocenters. The molecule has 2 atom stereocenters. The Morgan fingerprint density at radius 3 is 2.55 bits per heavy atom. The van der Waals surface area contributed by atoms with Crippen molar-refractivity contribution in [2.24, 2.45) is 0 Å². The largest absolute Gasteiger partial charge is 0.633 e. The average Bonchev–Trinajstić information content (AvgIpc) is 2.57. The summed E-state index contributed by atoms with van der Waals surface area (Å²) in [6.45, 7) is -18.6. The number of hydroxylamine groups is 2. The van der Waals surface area contributed by atoms with Crippen molar-refractivity contribution in [3.8, 4) is 0 Å². The first-order chi connectivity index (χ1) is 11.0. The van der Waals surface area contributed by atoms with Crippen molar-refractivity contribution in [1.29, 1.82) is 0 Å². The molecule has 2 N–H and O–H groups in total. The Kier molecular flexibility index (Phi) is 0.315. The highest BCUT2D eigenvalue weighted by atomic mass is 16.5. The molecule has 0 bridgehead atoms. The summed E-state index contributed by atoms with van der Waals surface area (Å²) in [6.07, 6.45) is 0. The monoisotopic (exact) mass is 173 g/mol. The number of rotatable bonds is 0. The SMILES string of the molecule is [2H]C([2H])([2H])C1[NH+]([O-])C(C([2H])([2H])[2H])(C([2H])([2H])[2H])NC1(C([2H])([2H])[2H])C([2H])([2H])[2H]. The molecular weight excluding hydrogens is 140 g/mol. The van der Waals surface area contributed by atoms with E-state index in [2.05, 4.69) is 0 Å². The van der Waals surface area contributed by atoms with Crippen LogP contribution >= 0.6 is 0 Å². The first kappa shape index (κ1) is 1.59. The summed E-state index contributed by atoms with van der Waals surface area (Å²) in [6, 6.07) is -2.91. The molecule has 1 heterocycles. The van der Waals surface area contributed by atoms with Gasteiger partial charge in [-0.25, -0.2) is 0 Å². The van der Waals surface area contributed by atoms with Gasteiger partial charge in [-0.3, -0.25) is 5.32 Å². The molecule has 1 fully saturated rings. The van der Waals surface area contributed by atoms with E-state index in [1.165, 1.54) is 5.32 Å². The molecular formula is C8H18N2O. The van der Waals surface area contributed by atoms with Gasteiger partial charge in [0.15, 0.2) is 0 Å². The van der Waals surface area contributed by atoms with Gasteiger partial charge in [0.2, 0.25) is 0 Å². The molecule has 0 aliphatic carbocycles. The standard InChI is InChI=1S/C8H18N2O/c1-6-7(2,3)9-8(4,5)10(6)11/h6,9-10H,1-5H3/i1D3,2D3,3D3,4D3,5D3. The highest BCUT2D eigenvalue weighted by Crippen LogP contribution is 2.16. The highest BCUT2D eigenvalue weighted by Gasteiger charge is 2.48. The maximum atomic E-state index is 12.8. The van der Waals surface area contributed by atoms with Crippen LogP contribution in [0, 0.1) is 5.21 Å². The summed E-state index contributed by atoms with van der Waals surface area (Å²) in [4.78, 5) is 0. The lowest BCUT2D eigenvalue weighted by Gasteiger charge is -2.33. The predicted octanol–water partition coefficient (Wildman–Crippen LogP) is -0.124. The summed E-state index contributed by atoms with van der Waals surface area (Å²) >= 11 is 0. The zero-order valence-corrected chi connectivity index (χ0v) is 5.49. The second kappa shape index (κ2) is 2.19. The van der Waals surface area contributed by atoms with Gasteiger partial charge in [0.05, 0.1) is 5.54 Å². The maximum Gasteiger partial charge on any atom is 0.146 e.